The third kappa shape index (κ3) is 1.84. The minimum atomic E-state index is 0.0382. The van der Waals surface area contributed by atoms with Crippen LogP contribution >= 0.6 is 0 Å². The van der Waals surface area contributed by atoms with Crippen LogP contribution in [-0.2, 0) is 24.8 Å². The fourth-order valence-corrected chi connectivity index (χ4v) is 1.06. The van der Waals surface area contributed by atoms with Gasteiger partial charge in [0.2, 0.25) is 0 Å². The van der Waals surface area contributed by atoms with E-state index >= 15 is 0 Å². The molecule has 4 nitrogen and oxygen atoms in total. The molecule has 1 aromatic rings. The lowest BCUT2D eigenvalue weighted by Gasteiger charge is -2.02. The molecule has 68 valence electrons. The summed E-state index contributed by atoms with van der Waals surface area (Å²) in [5, 5.41) is 8.87. The second-order valence-corrected chi connectivity index (χ2v) is 2.63. The van der Waals surface area contributed by atoms with Gasteiger partial charge in [-0.3, -0.25) is 0 Å². The summed E-state index contributed by atoms with van der Waals surface area (Å²) in [7, 11) is 3.56. The van der Waals surface area contributed by atoms with Crippen molar-refractivity contribution < 1.29 is 9.84 Å². The van der Waals surface area contributed by atoms with Gasteiger partial charge in [-0.15, -0.1) is 0 Å². The molecule has 0 unspecified atom stereocenters. The van der Waals surface area contributed by atoms with E-state index in [1.54, 1.807) is 13.3 Å². The molecule has 0 saturated carbocycles. The van der Waals surface area contributed by atoms with E-state index in [0.717, 1.165) is 17.9 Å². The average molecular weight is 170 g/mol. The molecule has 0 amide bonds. The van der Waals surface area contributed by atoms with Crippen molar-refractivity contribution in [3.63, 3.8) is 0 Å². The fourth-order valence-electron chi connectivity index (χ4n) is 1.06. The number of methoxy groups -OCH3 is 1. The summed E-state index contributed by atoms with van der Waals surface area (Å²) in [5.41, 5.74) is 0.834. The van der Waals surface area contributed by atoms with Gasteiger partial charge in [-0.2, -0.15) is 0 Å². The van der Waals surface area contributed by atoms with E-state index in [1.807, 2.05) is 11.6 Å². The summed E-state index contributed by atoms with van der Waals surface area (Å²) >= 11 is 0. The van der Waals surface area contributed by atoms with Gasteiger partial charge in [0.1, 0.15) is 5.82 Å². The minimum absolute atomic E-state index is 0.0382. The first-order valence-corrected chi connectivity index (χ1v) is 3.89. The van der Waals surface area contributed by atoms with Crippen LogP contribution in [0.15, 0.2) is 6.20 Å². The highest BCUT2D eigenvalue weighted by Crippen LogP contribution is 2.03. The maximum absolute atomic E-state index is 8.87. The Hall–Kier alpha value is -0.870. The van der Waals surface area contributed by atoms with Gasteiger partial charge in [0.25, 0.3) is 0 Å². The zero-order chi connectivity index (χ0) is 8.97. The molecule has 0 aliphatic carbocycles. The Morgan fingerprint density at radius 3 is 2.92 bits per heavy atom. The molecule has 1 heterocycles. The molecule has 0 fully saturated rings. The van der Waals surface area contributed by atoms with Crippen LogP contribution in [0.3, 0.4) is 0 Å². The van der Waals surface area contributed by atoms with Crippen molar-refractivity contribution in [1.29, 1.82) is 0 Å². The molecule has 1 aromatic heterocycles. The molecule has 0 aliphatic rings. The van der Waals surface area contributed by atoms with Crippen LogP contribution in [-0.4, -0.2) is 28.4 Å². The van der Waals surface area contributed by atoms with Crippen molar-refractivity contribution >= 4 is 0 Å². The number of aliphatic hydroxyl groups is 1. The molecular weight excluding hydrogens is 156 g/mol. The Kier molecular flexibility index (Phi) is 3.25. The third-order valence-electron chi connectivity index (χ3n) is 1.87. The lowest BCUT2D eigenvalue weighted by atomic mass is 10.4. The standard InChI is InChI=1S/C8H14N2O2/c1-10-7(6-11)5-9-8(10)3-4-12-2/h5,11H,3-4,6H2,1-2H3. The molecule has 1 N–H and O–H groups in total. The summed E-state index contributed by atoms with van der Waals surface area (Å²) in [5.74, 6) is 0.945. The smallest absolute Gasteiger partial charge is 0.110 e. The number of imidazole rings is 1. The topological polar surface area (TPSA) is 47.3 Å². The van der Waals surface area contributed by atoms with Gasteiger partial charge in [-0.05, 0) is 0 Å². The molecule has 0 atom stereocenters. The van der Waals surface area contributed by atoms with Crippen molar-refractivity contribution in [3.8, 4) is 0 Å². The van der Waals surface area contributed by atoms with Gasteiger partial charge in [0.05, 0.1) is 25.1 Å². The Labute approximate surface area is 71.8 Å². The first-order valence-electron chi connectivity index (χ1n) is 3.89. The van der Waals surface area contributed by atoms with Crippen LogP contribution in [0.5, 0.6) is 0 Å². The minimum Gasteiger partial charge on any atom is -0.390 e. The largest absolute Gasteiger partial charge is 0.390 e. The lowest BCUT2D eigenvalue weighted by Crippen LogP contribution is -2.05. The van der Waals surface area contributed by atoms with E-state index in [-0.39, 0.29) is 6.61 Å². The molecule has 4 heteroatoms. The van der Waals surface area contributed by atoms with Crippen molar-refractivity contribution in [2.75, 3.05) is 13.7 Å². The normalized spacial score (nSPS) is 10.6. The van der Waals surface area contributed by atoms with Crippen LogP contribution < -0.4 is 0 Å². The van der Waals surface area contributed by atoms with E-state index < -0.39 is 0 Å². The molecule has 1 rings (SSSR count). The highest BCUT2D eigenvalue weighted by molar-refractivity contribution is 5.03. The highest BCUT2D eigenvalue weighted by Gasteiger charge is 2.03. The van der Waals surface area contributed by atoms with Crippen molar-refractivity contribution in [1.82, 2.24) is 9.55 Å². The first kappa shape index (κ1) is 9.22. The van der Waals surface area contributed by atoms with E-state index in [4.69, 9.17) is 9.84 Å². The van der Waals surface area contributed by atoms with Crippen molar-refractivity contribution in [3.05, 3.63) is 17.7 Å². The van der Waals surface area contributed by atoms with Crippen LogP contribution in [0.25, 0.3) is 0 Å². The third-order valence-corrected chi connectivity index (χ3v) is 1.87. The van der Waals surface area contributed by atoms with Crippen LogP contribution in [0.2, 0.25) is 0 Å². The predicted octanol–water partition coefficient (Wildman–Crippen LogP) is 0.101. The Balaban J connectivity index is 2.66. The molecule has 0 spiro atoms. The molecule has 12 heavy (non-hydrogen) atoms. The van der Waals surface area contributed by atoms with Crippen molar-refractivity contribution in [2.45, 2.75) is 13.0 Å². The van der Waals surface area contributed by atoms with E-state index in [9.17, 15) is 0 Å². The molecule has 0 saturated heterocycles. The molecule has 0 aromatic carbocycles. The number of hydrogen-bond donors (Lipinski definition) is 1. The fraction of sp³-hybridized carbons (Fsp3) is 0.625. The van der Waals surface area contributed by atoms with Gasteiger partial charge < -0.3 is 14.4 Å². The Morgan fingerprint density at radius 1 is 1.67 bits per heavy atom. The number of aromatic nitrogens is 2. The zero-order valence-electron chi connectivity index (χ0n) is 7.45. The van der Waals surface area contributed by atoms with Gasteiger partial charge in [0, 0.05) is 20.6 Å². The number of rotatable bonds is 4. The summed E-state index contributed by atoms with van der Waals surface area (Å²) in [6, 6.07) is 0. The first-order chi connectivity index (χ1) is 5.79. The summed E-state index contributed by atoms with van der Waals surface area (Å²) in [4.78, 5) is 4.15. The molecule has 0 bridgehead atoms. The zero-order valence-corrected chi connectivity index (χ0v) is 7.45. The number of hydrogen-bond acceptors (Lipinski definition) is 3. The highest BCUT2D eigenvalue weighted by atomic mass is 16.5. The lowest BCUT2D eigenvalue weighted by molar-refractivity contribution is 0.199. The Morgan fingerprint density at radius 2 is 2.42 bits per heavy atom. The maximum Gasteiger partial charge on any atom is 0.110 e. The molecule has 0 aliphatic heterocycles. The SMILES string of the molecule is COCCc1ncc(CO)n1C. The molecule has 0 radical (unpaired) electrons. The van der Waals surface area contributed by atoms with Crippen LogP contribution in [0, 0.1) is 0 Å². The summed E-state index contributed by atoms with van der Waals surface area (Å²) in [6.45, 7) is 0.701. The van der Waals surface area contributed by atoms with Crippen LogP contribution in [0.4, 0.5) is 0 Å². The monoisotopic (exact) mass is 170 g/mol. The summed E-state index contributed by atoms with van der Waals surface area (Å²) < 4.78 is 6.82. The quantitative estimate of drug-likeness (QED) is 0.697. The molecular formula is C8H14N2O2. The number of aliphatic hydroxyl groups excluding tert-OH is 1. The van der Waals surface area contributed by atoms with Gasteiger partial charge >= 0.3 is 0 Å². The second kappa shape index (κ2) is 4.23. The Bertz CT molecular complexity index is 245. The van der Waals surface area contributed by atoms with Gasteiger partial charge in [-0.1, -0.05) is 0 Å². The van der Waals surface area contributed by atoms with E-state index in [1.165, 1.54) is 0 Å². The van der Waals surface area contributed by atoms with Crippen molar-refractivity contribution in [2.24, 2.45) is 7.05 Å². The predicted molar refractivity (Wildman–Crippen MR) is 44.7 cm³/mol. The summed E-state index contributed by atoms with van der Waals surface area (Å²) in [6.07, 6.45) is 2.47. The van der Waals surface area contributed by atoms with E-state index in [0.29, 0.717) is 6.61 Å². The number of nitrogens with zero attached hydrogens (tertiary/aromatic N) is 2. The average Bonchev–Trinajstić information content (AvgIpc) is 2.43. The van der Waals surface area contributed by atoms with Crippen LogP contribution in [0.1, 0.15) is 11.5 Å². The maximum atomic E-state index is 8.87. The van der Waals surface area contributed by atoms with Gasteiger partial charge in [0.15, 0.2) is 0 Å². The van der Waals surface area contributed by atoms with E-state index in [2.05, 4.69) is 4.98 Å². The second-order valence-electron chi connectivity index (χ2n) is 2.63. The number of ether oxygens (including phenoxy) is 1. The van der Waals surface area contributed by atoms with Gasteiger partial charge in [-0.25, -0.2) is 4.98 Å².